The highest BCUT2D eigenvalue weighted by atomic mass is 35.5. The average molecular weight is 325 g/mol. The van der Waals surface area contributed by atoms with Crippen molar-refractivity contribution in [3.8, 4) is 5.75 Å². The first-order valence-corrected chi connectivity index (χ1v) is 6.87. The fourth-order valence-electron chi connectivity index (χ4n) is 1.94. The Hall–Kier alpha value is -0.710. The van der Waals surface area contributed by atoms with Gasteiger partial charge in [0.15, 0.2) is 5.75 Å². The summed E-state index contributed by atoms with van der Waals surface area (Å²) in [5, 5.41) is 11.0. The van der Waals surface area contributed by atoms with Crippen LogP contribution in [0, 0.1) is 15.5 Å². The van der Waals surface area contributed by atoms with E-state index in [-0.39, 0.29) is 38.4 Å². The molecule has 0 aromatic heterocycles. The Morgan fingerprint density at radius 2 is 1.89 bits per heavy atom. The van der Waals surface area contributed by atoms with Crippen LogP contribution in [0.2, 0.25) is 10.0 Å². The molecule has 1 aliphatic carbocycles. The summed E-state index contributed by atoms with van der Waals surface area (Å²) in [6.45, 7) is 3.98. The minimum atomic E-state index is -0.552. The molecule has 2 unspecified atom stereocenters. The number of alkyl halides is 1. The lowest BCUT2D eigenvalue weighted by Gasteiger charge is -2.48. The van der Waals surface area contributed by atoms with Crippen molar-refractivity contribution in [2.24, 2.45) is 5.41 Å². The van der Waals surface area contributed by atoms with Gasteiger partial charge < -0.3 is 4.74 Å². The van der Waals surface area contributed by atoms with E-state index in [4.69, 9.17) is 39.5 Å². The van der Waals surface area contributed by atoms with E-state index in [0.717, 1.165) is 0 Å². The second-order valence-corrected chi connectivity index (χ2v) is 6.47. The van der Waals surface area contributed by atoms with Crippen LogP contribution >= 0.6 is 34.8 Å². The molecule has 7 heteroatoms. The lowest BCUT2D eigenvalue weighted by Crippen LogP contribution is -2.53. The van der Waals surface area contributed by atoms with Gasteiger partial charge in [-0.15, -0.1) is 11.6 Å². The lowest BCUT2D eigenvalue weighted by molar-refractivity contribution is -0.384. The monoisotopic (exact) mass is 323 g/mol. The quantitative estimate of drug-likeness (QED) is 0.460. The summed E-state index contributed by atoms with van der Waals surface area (Å²) in [7, 11) is 0. The predicted molar refractivity (Wildman–Crippen MR) is 75.6 cm³/mol. The van der Waals surface area contributed by atoms with Gasteiger partial charge >= 0.3 is 0 Å². The van der Waals surface area contributed by atoms with E-state index < -0.39 is 4.92 Å². The van der Waals surface area contributed by atoms with Gasteiger partial charge in [-0.3, -0.25) is 10.1 Å². The molecule has 0 heterocycles. The molecule has 0 spiro atoms. The standard InChI is InChI=1S/C12H12Cl3NO3/c1-12(2)9(15)5-10(12)19-11-7(13)3-6(16(17)18)4-8(11)14/h3-4,9-10H,5H2,1-2H3. The SMILES string of the molecule is CC1(C)C(Cl)CC1Oc1c(Cl)cc([N+](=O)[O-])cc1Cl. The molecule has 104 valence electrons. The summed E-state index contributed by atoms with van der Waals surface area (Å²) in [4.78, 5) is 10.1. The zero-order chi connectivity index (χ0) is 14.4. The van der Waals surface area contributed by atoms with Crippen molar-refractivity contribution in [2.45, 2.75) is 31.7 Å². The van der Waals surface area contributed by atoms with Crippen LogP contribution in [0.15, 0.2) is 12.1 Å². The minimum absolute atomic E-state index is 0.0353. The van der Waals surface area contributed by atoms with E-state index in [1.54, 1.807) is 0 Å². The molecule has 19 heavy (non-hydrogen) atoms. The average Bonchev–Trinajstić information content (AvgIpc) is 2.31. The van der Waals surface area contributed by atoms with Crippen LogP contribution in [-0.4, -0.2) is 16.4 Å². The Labute approximate surface area is 125 Å². The zero-order valence-corrected chi connectivity index (χ0v) is 12.6. The number of hydrogen-bond donors (Lipinski definition) is 0. The molecular formula is C12H12Cl3NO3. The third-order valence-electron chi connectivity index (χ3n) is 3.51. The van der Waals surface area contributed by atoms with Crippen LogP contribution in [0.3, 0.4) is 0 Å². The molecule has 2 atom stereocenters. The number of rotatable bonds is 3. The first-order chi connectivity index (χ1) is 8.73. The molecule has 4 nitrogen and oxygen atoms in total. The van der Waals surface area contributed by atoms with Gasteiger partial charge in [-0.25, -0.2) is 0 Å². The molecule has 1 aliphatic rings. The fraction of sp³-hybridized carbons (Fsp3) is 0.500. The number of nitrogens with zero attached hydrogens (tertiary/aromatic N) is 1. The van der Waals surface area contributed by atoms with Crippen molar-refractivity contribution in [2.75, 3.05) is 0 Å². The van der Waals surface area contributed by atoms with E-state index in [9.17, 15) is 10.1 Å². The largest absolute Gasteiger partial charge is 0.487 e. The number of non-ortho nitro benzene ring substituents is 1. The fourth-order valence-corrected chi connectivity index (χ4v) is 2.81. The van der Waals surface area contributed by atoms with Crippen LogP contribution in [-0.2, 0) is 0 Å². The van der Waals surface area contributed by atoms with Crippen molar-refractivity contribution in [1.82, 2.24) is 0 Å². The van der Waals surface area contributed by atoms with Crippen LogP contribution in [0.1, 0.15) is 20.3 Å². The first kappa shape index (κ1) is 14.7. The zero-order valence-electron chi connectivity index (χ0n) is 10.3. The Morgan fingerprint density at radius 3 is 2.26 bits per heavy atom. The van der Waals surface area contributed by atoms with Crippen molar-refractivity contribution in [3.05, 3.63) is 32.3 Å². The van der Waals surface area contributed by atoms with E-state index in [1.807, 2.05) is 13.8 Å². The number of nitro groups is 1. The van der Waals surface area contributed by atoms with Crippen LogP contribution < -0.4 is 4.74 Å². The molecule has 0 amide bonds. The second kappa shape index (κ2) is 5.00. The Balaban J connectivity index is 2.25. The maximum Gasteiger partial charge on any atom is 0.272 e. The summed E-state index contributed by atoms with van der Waals surface area (Å²) in [6, 6.07) is 2.46. The molecule has 0 N–H and O–H groups in total. The van der Waals surface area contributed by atoms with Gasteiger partial charge in [-0.1, -0.05) is 37.0 Å². The highest BCUT2D eigenvalue weighted by Crippen LogP contribution is 2.48. The molecule has 0 radical (unpaired) electrons. The number of nitro benzene ring substituents is 1. The molecule has 1 aromatic carbocycles. The van der Waals surface area contributed by atoms with Crippen molar-refractivity contribution in [3.63, 3.8) is 0 Å². The number of hydrogen-bond acceptors (Lipinski definition) is 3. The highest BCUT2D eigenvalue weighted by molar-refractivity contribution is 6.37. The van der Waals surface area contributed by atoms with E-state index in [0.29, 0.717) is 6.42 Å². The molecule has 0 aliphatic heterocycles. The Morgan fingerprint density at radius 1 is 1.37 bits per heavy atom. The lowest BCUT2D eigenvalue weighted by atomic mass is 9.68. The maximum atomic E-state index is 10.7. The topological polar surface area (TPSA) is 52.4 Å². The van der Waals surface area contributed by atoms with Gasteiger partial charge in [0.2, 0.25) is 0 Å². The van der Waals surface area contributed by atoms with Crippen LogP contribution in [0.4, 0.5) is 5.69 Å². The van der Waals surface area contributed by atoms with Gasteiger partial charge in [0.05, 0.1) is 15.0 Å². The Kier molecular flexibility index (Phi) is 3.87. The molecule has 1 aromatic rings. The Bertz CT molecular complexity index is 510. The van der Waals surface area contributed by atoms with Crippen LogP contribution in [0.5, 0.6) is 5.75 Å². The van der Waals surface area contributed by atoms with Gasteiger partial charge in [0.25, 0.3) is 5.69 Å². The normalized spacial score (nSPS) is 24.7. The van der Waals surface area contributed by atoms with Gasteiger partial charge in [-0.05, 0) is 0 Å². The number of benzene rings is 1. The summed E-state index contributed by atoms with van der Waals surface area (Å²) in [5.41, 5.74) is -0.346. The summed E-state index contributed by atoms with van der Waals surface area (Å²) in [6.07, 6.45) is 0.588. The van der Waals surface area contributed by atoms with Crippen molar-refractivity contribution < 1.29 is 9.66 Å². The predicted octanol–water partition coefficient (Wildman–Crippen LogP) is 4.69. The summed E-state index contributed by atoms with van der Waals surface area (Å²) < 4.78 is 5.76. The number of halogens is 3. The van der Waals surface area contributed by atoms with Crippen molar-refractivity contribution >= 4 is 40.5 Å². The second-order valence-electron chi connectivity index (χ2n) is 5.13. The van der Waals surface area contributed by atoms with Gasteiger partial charge in [0, 0.05) is 29.3 Å². The number of ether oxygens (including phenoxy) is 1. The molecule has 0 saturated heterocycles. The van der Waals surface area contributed by atoms with Crippen molar-refractivity contribution in [1.29, 1.82) is 0 Å². The third-order valence-corrected chi connectivity index (χ3v) is 4.81. The molecule has 0 bridgehead atoms. The first-order valence-electron chi connectivity index (χ1n) is 5.67. The third kappa shape index (κ3) is 2.62. The van der Waals surface area contributed by atoms with E-state index in [2.05, 4.69) is 0 Å². The highest BCUT2D eigenvalue weighted by Gasteiger charge is 2.49. The van der Waals surface area contributed by atoms with E-state index >= 15 is 0 Å². The molecular weight excluding hydrogens is 312 g/mol. The summed E-state index contributed by atoms with van der Waals surface area (Å²) in [5.74, 6) is 0.274. The van der Waals surface area contributed by atoms with Crippen LogP contribution in [0.25, 0.3) is 0 Å². The molecule has 1 fully saturated rings. The van der Waals surface area contributed by atoms with Gasteiger partial charge in [0.1, 0.15) is 6.10 Å². The smallest absolute Gasteiger partial charge is 0.272 e. The molecule has 1 saturated carbocycles. The minimum Gasteiger partial charge on any atom is -0.487 e. The van der Waals surface area contributed by atoms with Gasteiger partial charge in [-0.2, -0.15) is 0 Å². The molecule has 2 rings (SSSR count). The summed E-state index contributed by atoms with van der Waals surface area (Å²) >= 11 is 18.1. The maximum absolute atomic E-state index is 10.7. The van der Waals surface area contributed by atoms with E-state index in [1.165, 1.54) is 12.1 Å².